The van der Waals surface area contributed by atoms with Crippen molar-refractivity contribution in [3.63, 3.8) is 0 Å². The van der Waals surface area contributed by atoms with Crippen LogP contribution in [0.2, 0.25) is 0 Å². The predicted octanol–water partition coefficient (Wildman–Crippen LogP) is 2.96. The summed E-state index contributed by atoms with van der Waals surface area (Å²) in [5.74, 6) is 0.556. The number of urea groups is 1. The van der Waals surface area contributed by atoms with Gasteiger partial charge in [-0.05, 0) is 37.8 Å². The first kappa shape index (κ1) is 19.5. The lowest BCUT2D eigenvalue weighted by atomic mass is 9.69. The van der Waals surface area contributed by atoms with Gasteiger partial charge in [-0.1, -0.05) is 29.4 Å². The van der Waals surface area contributed by atoms with Crippen LogP contribution in [-0.4, -0.2) is 65.5 Å². The van der Waals surface area contributed by atoms with Crippen molar-refractivity contribution in [2.24, 2.45) is 0 Å². The summed E-state index contributed by atoms with van der Waals surface area (Å²) in [5.41, 5.74) is 3.63. The summed E-state index contributed by atoms with van der Waals surface area (Å²) in [6, 6.07) is 8.46. The molecule has 1 fully saturated rings. The summed E-state index contributed by atoms with van der Waals surface area (Å²) in [6.07, 6.45) is 1.66. The van der Waals surface area contributed by atoms with Gasteiger partial charge in [-0.3, -0.25) is 4.79 Å². The molecule has 0 unspecified atom stereocenters. The standard InChI is InChI=1S/C22H28N4O3/c1-15-19(16(2)29-23-15)20(27)25-11-9-22(10-12-25)14-26(21(28)24(3)4)13-17-7-5-6-8-18(17)22/h5-8H,9-14H2,1-4H3. The summed E-state index contributed by atoms with van der Waals surface area (Å²) >= 11 is 0. The number of rotatable bonds is 1. The summed E-state index contributed by atoms with van der Waals surface area (Å²) in [4.78, 5) is 31.2. The van der Waals surface area contributed by atoms with Crippen molar-refractivity contribution in [2.75, 3.05) is 33.7 Å². The number of fused-ring (bicyclic) bond motifs is 2. The lowest BCUT2D eigenvalue weighted by Crippen LogP contribution is -2.55. The van der Waals surface area contributed by atoms with Gasteiger partial charge < -0.3 is 19.2 Å². The monoisotopic (exact) mass is 396 g/mol. The van der Waals surface area contributed by atoms with Crippen LogP contribution in [-0.2, 0) is 12.0 Å². The van der Waals surface area contributed by atoms with Gasteiger partial charge in [-0.25, -0.2) is 4.79 Å². The Morgan fingerprint density at radius 2 is 1.79 bits per heavy atom. The molecule has 0 N–H and O–H groups in total. The molecule has 0 bridgehead atoms. The fraction of sp³-hybridized carbons (Fsp3) is 0.500. The van der Waals surface area contributed by atoms with Crippen LogP contribution >= 0.6 is 0 Å². The van der Waals surface area contributed by atoms with Crippen molar-refractivity contribution in [3.05, 3.63) is 52.4 Å². The van der Waals surface area contributed by atoms with E-state index in [2.05, 4.69) is 23.4 Å². The second kappa shape index (κ2) is 7.21. The molecule has 7 nitrogen and oxygen atoms in total. The average molecular weight is 396 g/mol. The van der Waals surface area contributed by atoms with E-state index in [9.17, 15) is 9.59 Å². The molecule has 154 valence electrons. The minimum Gasteiger partial charge on any atom is -0.361 e. The molecule has 3 amide bonds. The highest BCUT2D eigenvalue weighted by molar-refractivity contribution is 5.96. The zero-order valence-electron chi connectivity index (χ0n) is 17.6. The number of nitrogens with zero attached hydrogens (tertiary/aromatic N) is 4. The summed E-state index contributed by atoms with van der Waals surface area (Å²) in [7, 11) is 3.58. The third kappa shape index (κ3) is 3.28. The second-order valence-corrected chi connectivity index (χ2v) is 8.46. The zero-order chi connectivity index (χ0) is 20.8. The maximum atomic E-state index is 13.0. The van der Waals surface area contributed by atoms with E-state index in [1.807, 2.05) is 15.9 Å². The molecule has 3 heterocycles. The molecule has 1 saturated heterocycles. The van der Waals surface area contributed by atoms with Crippen LogP contribution in [0.1, 0.15) is 45.8 Å². The van der Waals surface area contributed by atoms with Gasteiger partial charge >= 0.3 is 6.03 Å². The minimum absolute atomic E-state index is 0.0126. The number of amides is 3. The van der Waals surface area contributed by atoms with E-state index in [1.165, 1.54) is 11.1 Å². The Kier molecular flexibility index (Phi) is 4.84. The van der Waals surface area contributed by atoms with Crippen LogP contribution < -0.4 is 0 Å². The Labute approximate surface area is 171 Å². The predicted molar refractivity (Wildman–Crippen MR) is 109 cm³/mol. The topological polar surface area (TPSA) is 69.9 Å². The van der Waals surface area contributed by atoms with Gasteiger partial charge in [0.1, 0.15) is 11.3 Å². The molecule has 0 aliphatic carbocycles. The first-order valence-electron chi connectivity index (χ1n) is 10.1. The van der Waals surface area contributed by atoms with E-state index < -0.39 is 0 Å². The summed E-state index contributed by atoms with van der Waals surface area (Å²) in [5, 5.41) is 3.92. The van der Waals surface area contributed by atoms with Crippen LogP contribution in [0.15, 0.2) is 28.8 Å². The molecule has 1 aromatic carbocycles. The number of carbonyl (C=O) groups is 2. The van der Waals surface area contributed by atoms with Crippen molar-refractivity contribution in [1.82, 2.24) is 19.9 Å². The maximum absolute atomic E-state index is 13.0. The van der Waals surface area contributed by atoms with Crippen molar-refractivity contribution in [2.45, 2.75) is 38.6 Å². The van der Waals surface area contributed by atoms with Crippen LogP contribution in [0.4, 0.5) is 4.79 Å². The number of likely N-dealkylation sites (tertiary alicyclic amines) is 1. The van der Waals surface area contributed by atoms with E-state index in [0.29, 0.717) is 43.2 Å². The summed E-state index contributed by atoms with van der Waals surface area (Å²) < 4.78 is 5.18. The molecule has 2 aliphatic heterocycles. The number of benzene rings is 1. The normalized spacial score (nSPS) is 17.9. The van der Waals surface area contributed by atoms with Gasteiger partial charge in [0.15, 0.2) is 0 Å². The Bertz CT molecular complexity index is 922. The van der Waals surface area contributed by atoms with Gasteiger partial charge in [0.25, 0.3) is 5.91 Å². The first-order chi connectivity index (χ1) is 13.8. The number of hydrogen-bond donors (Lipinski definition) is 0. The molecule has 0 atom stereocenters. The first-order valence-corrected chi connectivity index (χ1v) is 10.1. The summed E-state index contributed by atoms with van der Waals surface area (Å²) in [6.45, 7) is 6.21. The largest absolute Gasteiger partial charge is 0.361 e. The lowest BCUT2D eigenvalue weighted by molar-refractivity contribution is 0.0603. The van der Waals surface area contributed by atoms with Crippen LogP contribution in [0.25, 0.3) is 0 Å². The number of carbonyl (C=O) groups excluding carboxylic acids is 2. The molecule has 2 aromatic rings. The average Bonchev–Trinajstić information content (AvgIpc) is 3.05. The van der Waals surface area contributed by atoms with Crippen molar-refractivity contribution in [3.8, 4) is 0 Å². The Hall–Kier alpha value is -2.83. The van der Waals surface area contributed by atoms with E-state index in [0.717, 1.165) is 12.8 Å². The molecule has 29 heavy (non-hydrogen) atoms. The fourth-order valence-electron chi connectivity index (χ4n) is 4.82. The van der Waals surface area contributed by atoms with Gasteiger partial charge in [0.05, 0.1) is 5.69 Å². The van der Waals surface area contributed by atoms with Gasteiger partial charge in [-0.15, -0.1) is 0 Å². The minimum atomic E-state index is -0.115. The second-order valence-electron chi connectivity index (χ2n) is 8.46. The van der Waals surface area contributed by atoms with Gasteiger partial charge in [0, 0.05) is 45.7 Å². The highest BCUT2D eigenvalue weighted by Gasteiger charge is 2.44. The van der Waals surface area contributed by atoms with E-state index >= 15 is 0 Å². The SMILES string of the molecule is Cc1noc(C)c1C(=O)N1CCC2(CC1)CN(C(=O)N(C)C)Cc1ccccc12. The fourth-order valence-corrected chi connectivity index (χ4v) is 4.82. The Morgan fingerprint density at radius 1 is 1.10 bits per heavy atom. The zero-order valence-corrected chi connectivity index (χ0v) is 17.6. The molecule has 1 aromatic heterocycles. The molecule has 0 saturated carbocycles. The molecular formula is C22H28N4O3. The lowest BCUT2D eigenvalue weighted by Gasteiger charge is -2.49. The molecule has 4 rings (SSSR count). The van der Waals surface area contributed by atoms with E-state index in [-0.39, 0.29) is 17.4 Å². The van der Waals surface area contributed by atoms with Gasteiger partial charge in [-0.2, -0.15) is 0 Å². The number of hydrogen-bond acceptors (Lipinski definition) is 4. The third-order valence-corrected chi connectivity index (χ3v) is 6.35. The van der Waals surface area contributed by atoms with E-state index in [4.69, 9.17) is 4.52 Å². The molecule has 1 spiro atoms. The molecule has 2 aliphatic rings. The van der Waals surface area contributed by atoms with E-state index in [1.54, 1.807) is 32.8 Å². The maximum Gasteiger partial charge on any atom is 0.319 e. The highest BCUT2D eigenvalue weighted by Crippen LogP contribution is 2.42. The van der Waals surface area contributed by atoms with Crippen LogP contribution in [0.5, 0.6) is 0 Å². The Balaban J connectivity index is 1.59. The smallest absolute Gasteiger partial charge is 0.319 e. The van der Waals surface area contributed by atoms with Crippen molar-refractivity contribution >= 4 is 11.9 Å². The third-order valence-electron chi connectivity index (χ3n) is 6.35. The Morgan fingerprint density at radius 3 is 2.41 bits per heavy atom. The number of aryl methyl sites for hydroxylation is 2. The van der Waals surface area contributed by atoms with Crippen LogP contribution in [0.3, 0.4) is 0 Å². The number of aromatic nitrogens is 1. The quantitative estimate of drug-likeness (QED) is 0.743. The molecular weight excluding hydrogens is 368 g/mol. The van der Waals surface area contributed by atoms with Gasteiger partial charge in [0.2, 0.25) is 0 Å². The van der Waals surface area contributed by atoms with Crippen molar-refractivity contribution in [1.29, 1.82) is 0 Å². The highest BCUT2D eigenvalue weighted by atomic mass is 16.5. The molecule has 0 radical (unpaired) electrons. The van der Waals surface area contributed by atoms with Crippen molar-refractivity contribution < 1.29 is 14.1 Å². The van der Waals surface area contributed by atoms with Crippen LogP contribution in [0, 0.1) is 13.8 Å². The molecule has 7 heteroatoms. The number of piperidine rings is 1.